The molecule has 1 aromatic rings. The van der Waals surface area contributed by atoms with Gasteiger partial charge in [-0.1, -0.05) is 6.07 Å². The van der Waals surface area contributed by atoms with Gasteiger partial charge in [0.2, 0.25) is 10.0 Å². The second kappa shape index (κ2) is 7.98. The summed E-state index contributed by atoms with van der Waals surface area (Å²) in [4.78, 5) is 10.4. The Kier molecular flexibility index (Phi) is 7.43. The SMILES string of the molecule is Cl.Nc1cccc(S(=O)(=O)NCCCCC(=O)O)c1. The highest BCUT2D eigenvalue weighted by atomic mass is 35.5. The molecule has 0 aliphatic carbocycles. The Bertz CT molecular complexity index is 519. The molecule has 0 atom stereocenters. The van der Waals surface area contributed by atoms with E-state index in [0.717, 1.165) is 0 Å². The molecule has 0 fully saturated rings. The minimum atomic E-state index is -3.56. The van der Waals surface area contributed by atoms with Crippen molar-refractivity contribution in [3.8, 4) is 0 Å². The molecule has 19 heavy (non-hydrogen) atoms. The molecule has 0 aliphatic rings. The van der Waals surface area contributed by atoms with Gasteiger partial charge in [0.25, 0.3) is 0 Å². The summed E-state index contributed by atoms with van der Waals surface area (Å²) in [5.74, 6) is -0.881. The van der Waals surface area contributed by atoms with Gasteiger partial charge in [0.1, 0.15) is 0 Å². The number of carboxylic acids is 1. The van der Waals surface area contributed by atoms with Crippen molar-refractivity contribution >= 4 is 34.1 Å². The summed E-state index contributed by atoms with van der Waals surface area (Å²) in [7, 11) is -3.56. The van der Waals surface area contributed by atoms with Crippen molar-refractivity contribution in [1.29, 1.82) is 0 Å². The van der Waals surface area contributed by atoms with Crippen LogP contribution in [0.5, 0.6) is 0 Å². The third-order valence-electron chi connectivity index (χ3n) is 2.28. The lowest BCUT2D eigenvalue weighted by Crippen LogP contribution is -2.25. The molecular formula is C11H17ClN2O4S. The lowest BCUT2D eigenvalue weighted by atomic mass is 10.2. The molecular weight excluding hydrogens is 292 g/mol. The van der Waals surface area contributed by atoms with Crippen LogP contribution in [0.25, 0.3) is 0 Å². The highest BCUT2D eigenvalue weighted by molar-refractivity contribution is 7.89. The van der Waals surface area contributed by atoms with Crippen LogP contribution in [0.3, 0.4) is 0 Å². The van der Waals surface area contributed by atoms with Crippen LogP contribution < -0.4 is 10.5 Å². The number of carboxylic acid groups (broad SMARTS) is 1. The van der Waals surface area contributed by atoms with Gasteiger partial charge in [-0.05, 0) is 31.0 Å². The fourth-order valence-electron chi connectivity index (χ4n) is 1.37. The summed E-state index contributed by atoms with van der Waals surface area (Å²) in [6.45, 7) is 0.213. The van der Waals surface area contributed by atoms with Crippen molar-refractivity contribution in [3.05, 3.63) is 24.3 Å². The van der Waals surface area contributed by atoms with E-state index in [1.54, 1.807) is 12.1 Å². The molecule has 0 radical (unpaired) electrons. The number of hydrogen-bond donors (Lipinski definition) is 3. The fraction of sp³-hybridized carbons (Fsp3) is 0.364. The van der Waals surface area contributed by atoms with Crippen LogP contribution in [0, 0.1) is 0 Å². The van der Waals surface area contributed by atoms with Crippen LogP contribution in [0.2, 0.25) is 0 Å². The largest absolute Gasteiger partial charge is 0.481 e. The van der Waals surface area contributed by atoms with E-state index in [-0.39, 0.29) is 30.3 Å². The summed E-state index contributed by atoms with van der Waals surface area (Å²) >= 11 is 0. The molecule has 6 nitrogen and oxygen atoms in total. The molecule has 0 bridgehead atoms. The fourth-order valence-corrected chi connectivity index (χ4v) is 2.50. The van der Waals surface area contributed by atoms with E-state index >= 15 is 0 Å². The quantitative estimate of drug-likeness (QED) is 0.518. The van der Waals surface area contributed by atoms with Crippen LogP contribution in [-0.4, -0.2) is 26.0 Å². The number of sulfonamides is 1. The van der Waals surface area contributed by atoms with E-state index in [1.807, 2.05) is 0 Å². The topological polar surface area (TPSA) is 109 Å². The monoisotopic (exact) mass is 308 g/mol. The highest BCUT2D eigenvalue weighted by Crippen LogP contribution is 2.12. The summed E-state index contributed by atoms with van der Waals surface area (Å²) in [6.07, 6.45) is 0.961. The standard InChI is InChI=1S/C11H16N2O4S.ClH/c12-9-4-3-5-10(8-9)18(16,17)13-7-2-1-6-11(14)15;/h3-5,8,13H,1-2,6-7,12H2,(H,14,15);1H. The minimum absolute atomic E-state index is 0. The molecule has 0 saturated carbocycles. The predicted octanol–water partition coefficient (Wildman–Crippen LogP) is 1.22. The Labute approximate surface area is 118 Å². The summed E-state index contributed by atoms with van der Waals surface area (Å²) in [5.41, 5.74) is 5.89. The van der Waals surface area contributed by atoms with Gasteiger partial charge >= 0.3 is 5.97 Å². The van der Waals surface area contributed by atoms with Gasteiger partial charge < -0.3 is 10.8 Å². The number of carbonyl (C=O) groups is 1. The van der Waals surface area contributed by atoms with E-state index in [0.29, 0.717) is 18.5 Å². The van der Waals surface area contributed by atoms with Gasteiger partial charge in [-0.25, -0.2) is 13.1 Å². The average Bonchev–Trinajstić information content (AvgIpc) is 2.28. The van der Waals surface area contributed by atoms with Crippen LogP contribution >= 0.6 is 12.4 Å². The first-order chi connectivity index (χ1) is 8.42. The number of benzene rings is 1. The molecule has 4 N–H and O–H groups in total. The van der Waals surface area contributed by atoms with Gasteiger partial charge in [0.15, 0.2) is 0 Å². The lowest BCUT2D eigenvalue weighted by molar-refractivity contribution is -0.137. The minimum Gasteiger partial charge on any atom is -0.481 e. The van der Waals surface area contributed by atoms with Crippen LogP contribution in [-0.2, 0) is 14.8 Å². The Balaban J connectivity index is 0.00000324. The van der Waals surface area contributed by atoms with Gasteiger partial charge in [0, 0.05) is 18.7 Å². The van der Waals surface area contributed by atoms with Gasteiger partial charge in [-0.15, -0.1) is 12.4 Å². The number of anilines is 1. The first-order valence-electron chi connectivity index (χ1n) is 5.49. The maximum Gasteiger partial charge on any atom is 0.303 e. The molecule has 108 valence electrons. The zero-order valence-electron chi connectivity index (χ0n) is 10.2. The normalized spacial score (nSPS) is 10.7. The van der Waals surface area contributed by atoms with E-state index in [4.69, 9.17) is 10.8 Å². The van der Waals surface area contributed by atoms with Crippen LogP contribution in [0.4, 0.5) is 5.69 Å². The Morgan fingerprint density at radius 3 is 2.58 bits per heavy atom. The second-order valence-electron chi connectivity index (χ2n) is 3.82. The number of unbranched alkanes of at least 4 members (excludes halogenated alkanes) is 1. The molecule has 0 amide bonds. The van der Waals surface area contributed by atoms with Crippen molar-refractivity contribution in [3.63, 3.8) is 0 Å². The van der Waals surface area contributed by atoms with Gasteiger partial charge in [-0.3, -0.25) is 4.79 Å². The van der Waals surface area contributed by atoms with Gasteiger partial charge in [0.05, 0.1) is 4.90 Å². The number of nitrogens with two attached hydrogens (primary N) is 1. The highest BCUT2D eigenvalue weighted by Gasteiger charge is 2.13. The van der Waals surface area contributed by atoms with Crippen molar-refractivity contribution in [2.24, 2.45) is 0 Å². The smallest absolute Gasteiger partial charge is 0.303 e. The summed E-state index contributed by atoms with van der Waals surface area (Å²) in [6, 6.07) is 6.00. The third kappa shape index (κ3) is 6.42. The van der Waals surface area contributed by atoms with Crippen molar-refractivity contribution < 1.29 is 18.3 Å². The Hall–Kier alpha value is -1.31. The van der Waals surface area contributed by atoms with E-state index in [9.17, 15) is 13.2 Å². The molecule has 0 heterocycles. The first-order valence-corrected chi connectivity index (χ1v) is 6.97. The summed E-state index contributed by atoms with van der Waals surface area (Å²) in [5, 5.41) is 8.43. The number of rotatable bonds is 7. The molecule has 1 aromatic carbocycles. The van der Waals surface area contributed by atoms with Gasteiger partial charge in [-0.2, -0.15) is 0 Å². The second-order valence-corrected chi connectivity index (χ2v) is 5.59. The number of aliphatic carboxylic acids is 1. The maximum atomic E-state index is 11.8. The number of hydrogen-bond acceptors (Lipinski definition) is 4. The zero-order chi connectivity index (χ0) is 13.6. The molecule has 0 unspecified atom stereocenters. The van der Waals surface area contributed by atoms with E-state index < -0.39 is 16.0 Å². The first kappa shape index (κ1) is 17.7. The molecule has 0 aromatic heterocycles. The number of nitrogens with one attached hydrogen (secondary N) is 1. The molecule has 0 saturated heterocycles. The van der Waals surface area contributed by atoms with E-state index in [1.165, 1.54) is 12.1 Å². The van der Waals surface area contributed by atoms with Crippen LogP contribution in [0.1, 0.15) is 19.3 Å². The van der Waals surface area contributed by atoms with Crippen molar-refractivity contribution in [2.75, 3.05) is 12.3 Å². The molecule has 1 rings (SSSR count). The van der Waals surface area contributed by atoms with Crippen molar-refractivity contribution in [2.45, 2.75) is 24.2 Å². The summed E-state index contributed by atoms with van der Waals surface area (Å²) < 4.78 is 26.0. The third-order valence-corrected chi connectivity index (χ3v) is 3.74. The zero-order valence-corrected chi connectivity index (χ0v) is 11.8. The number of halogens is 1. The lowest BCUT2D eigenvalue weighted by Gasteiger charge is -2.06. The molecule has 8 heteroatoms. The maximum absolute atomic E-state index is 11.8. The van der Waals surface area contributed by atoms with Crippen LogP contribution in [0.15, 0.2) is 29.2 Å². The Morgan fingerprint density at radius 2 is 2.00 bits per heavy atom. The molecule has 0 aliphatic heterocycles. The average molecular weight is 309 g/mol. The number of nitrogen functional groups attached to an aromatic ring is 1. The van der Waals surface area contributed by atoms with E-state index in [2.05, 4.69) is 4.72 Å². The molecule has 0 spiro atoms. The van der Waals surface area contributed by atoms with Crippen molar-refractivity contribution in [1.82, 2.24) is 4.72 Å². The Morgan fingerprint density at radius 1 is 1.32 bits per heavy atom. The predicted molar refractivity (Wildman–Crippen MR) is 74.8 cm³/mol.